The monoisotopic (exact) mass is 525 g/mol. The van der Waals surface area contributed by atoms with Crippen LogP contribution < -0.4 is 20.9 Å². The summed E-state index contributed by atoms with van der Waals surface area (Å²) in [5, 5.41) is 8.71. The standard InChI is InChI=1S/C29H31N7O3/c1-3-35(17-20-8-5-4-6-9-20)29-30-15-14-25(34-29)31-16-26(37)33-23-11-7-10-21-22(23)18-36(28(21)39)24-13-12-19(2)32-27(24)38/h4-11,14-15,24H,2-3,12-13,16-18H2,1H3,(H,32,38)(H,33,37)(H,30,31,34). The molecular formula is C29H31N7O3. The van der Waals surface area contributed by atoms with E-state index in [0.29, 0.717) is 53.7 Å². The van der Waals surface area contributed by atoms with Crippen molar-refractivity contribution in [1.29, 1.82) is 0 Å². The van der Waals surface area contributed by atoms with Gasteiger partial charge in [-0.1, -0.05) is 43.0 Å². The molecule has 1 atom stereocenters. The van der Waals surface area contributed by atoms with Gasteiger partial charge in [-0.15, -0.1) is 0 Å². The Kier molecular flexibility index (Phi) is 7.53. The summed E-state index contributed by atoms with van der Waals surface area (Å²) in [4.78, 5) is 51.0. The van der Waals surface area contributed by atoms with Crippen molar-refractivity contribution < 1.29 is 14.4 Å². The summed E-state index contributed by atoms with van der Waals surface area (Å²) in [6, 6.07) is 16.5. The van der Waals surface area contributed by atoms with Gasteiger partial charge >= 0.3 is 0 Å². The quantitative estimate of drug-likeness (QED) is 0.392. The van der Waals surface area contributed by atoms with Crippen LogP contribution in [0.2, 0.25) is 0 Å². The summed E-state index contributed by atoms with van der Waals surface area (Å²) in [6.07, 6.45) is 2.81. The van der Waals surface area contributed by atoms with Gasteiger partial charge in [0.2, 0.25) is 17.8 Å². The second-order valence-electron chi connectivity index (χ2n) is 9.56. The topological polar surface area (TPSA) is 120 Å². The number of hydrogen-bond acceptors (Lipinski definition) is 7. The first-order valence-electron chi connectivity index (χ1n) is 13.0. The van der Waals surface area contributed by atoms with Crippen molar-refractivity contribution >= 4 is 35.2 Å². The van der Waals surface area contributed by atoms with Gasteiger partial charge in [-0.25, -0.2) is 4.98 Å². The fourth-order valence-corrected chi connectivity index (χ4v) is 4.87. The minimum Gasteiger partial charge on any atom is -0.361 e. The number of amides is 3. The van der Waals surface area contributed by atoms with E-state index in [1.54, 1.807) is 35.4 Å². The lowest BCUT2D eigenvalue weighted by Gasteiger charge is -2.31. The lowest BCUT2D eigenvalue weighted by molar-refractivity contribution is -0.126. The Morgan fingerprint density at radius 3 is 2.74 bits per heavy atom. The number of benzene rings is 2. The molecule has 10 heteroatoms. The van der Waals surface area contributed by atoms with Crippen LogP contribution in [0.4, 0.5) is 17.5 Å². The molecule has 0 radical (unpaired) electrons. The molecule has 39 heavy (non-hydrogen) atoms. The SMILES string of the molecule is C=C1CCC(N2Cc3c(NC(=O)CNc4ccnc(N(CC)Cc5ccccc5)n4)cccc3C2=O)C(=O)N1. The highest BCUT2D eigenvalue weighted by Crippen LogP contribution is 2.32. The number of hydrogen-bond donors (Lipinski definition) is 3. The Hall–Kier alpha value is -4.73. The number of piperidine rings is 1. The van der Waals surface area contributed by atoms with Crippen molar-refractivity contribution in [3.05, 3.63) is 89.8 Å². The third kappa shape index (κ3) is 5.74. The first kappa shape index (κ1) is 25.9. The molecule has 2 aliphatic heterocycles. The Labute approximate surface area is 227 Å². The van der Waals surface area contributed by atoms with Crippen LogP contribution in [-0.2, 0) is 22.7 Å². The molecule has 0 bridgehead atoms. The average Bonchev–Trinajstić information content (AvgIpc) is 3.28. The maximum Gasteiger partial charge on any atom is 0.255 e. The number of allylic oxidation sites excluding steroid dienone is 1. The van der Waals surface area contributed by atoms with Crippen LogP contribution in [0, 0.1) is 0 Å². The molecule has 3 heterocycles. The van der Waals surface area contributed by atoms with Gasteiger partial charge in [-0.2, -0.15) is 4.98 Å². The fraction of sp³-hybridized carbons (Fsp3) is 0.276. The molecule has 3 aromatic rings. The second-order valence-corrected chi connectivity index (χ2v) is 9.56. The summed E-state index contributed by atoms with van der Waals surface area (Å²) in [5.41, 5.74) is 3.57. The van der Waals surface area contributed by atoms with Crippen molar-refractivity contribution in [2.75, 3.05) is 28.6 Å². The molecule has 3 N–H and O–H groups in total. The van der Waals surface area contributed by atoms with Crippen LogP contribution in [0.15, 0.2) is 73.1 Å². The van der Waals surface area contributed by atoms with Gasteiger partial charge in [-0.3, -0.25) is 14.4 Å². The maximum absolute atomic E-state index is 13.1. The van der Waals surface area contributed by atoms with Crippen molar-refractivity contribution in [2.24, 2.45) is 0 Å². The van der Waals surface area contributed by atoms with Crippen LogP contribution in [0.25, 0.3) is 0 Å². The molecule has 2 aromatic carbocycles. The van der Waals surface area contributed by atoms with E-state index in [1.807, 2.05) is 25.1 Å². The molecule has 0 aliphatic carbocycles. The number of nitrogens with one attached hydrogen (secondary N) is 3. The number of rotatable bonds is 9. The van der Waals surface area contributed by atoms with E-state index < -0.39 is 6.04 Å². The van der Waals surface area contributed by atoms with E-state index in [4.69, 9.17) is 0 Å². The van der Waals surface area contributed by atoms with Gasteiger partial charge in [0.25, 0.3) is 5.91 Å². The smallest absolute Gasteiger partial charge is 0.255 e. The largest absolute Gasteiger partial charge is 0.361 e. The summed E-state index contributed by atoms with van der Waals surface area (Å²) < 4.78 is 0. The summed E-state index contributed by atoms with van der Waals surface area (Å²) in [5.74, 6) is 0.388. The summed E-state index contributed by atoms with van der Waals surface area (Å²) in [6.45, 7) is 7.49. The van der Waals surface area contributed by atoms with E-state index in [0.717, 1.165) is 12.1 Å². The van der Waals surface area contributed by atoms with E-state index in [9.17, 15) is 14.4 Å². The number of aromatic nitrogens is 2. The molecule has 1 unspecified atom stereocenters. The van der Waals surface area contributed by atoms with Crippen molar-refractivity contribution in [3.63, 3.8) is 0 Å². The predicted molar refractivity (Wildman–Crippen MR) is 149 cm³/mol. The molecule has 0 saturated carbocycles. The third-order valence-corrected chi connectivity index (χ3v) is 6.92. The zero-order chi connectivity index (χ0) is 27.4. The molecule has 0 spiro atoms. The van der Waals surface area contributed by atoms with E-state index in [2.05, 4.69) is 49.5 Å². The highest BCUT2D eigenvalue weighted by atomic mass is 16.2. The van der Waals surface area contributed by atoms with Gasteiger partial charge in [0.1, 0.15) is 11.9 Å². The predicted octanol–water partition coefficient (Wildman–Crippen LogP) is 3.30. The molecule has 1 saturated heterocycles. The van der Waals surface area contributed by atoms with Crippen LogP contribution in [0.3, 0.4) is 0 Å². The second kappa shape index (κ2) is 11.3. The molecule has 1 aromatic heterocycles. The van der Waals surface area contributed by atoms with E-state index in [-0.39, 0.29) is 30.8 Å². The highest BCUT2D eigenvalue weighted by molar-refractivity contribution is 6.04. The van der Waals surface area contributed by atoms with Crippen LogP contribution in [0.5, 0.6) is 0 Å². The summed E-state index contributed by atoms with van der Waals surface area (Å²) >= 11 is 0. The number of carbonyl (C=O) groups excluding carboxylic acids is 3. The Balaban J connectivity index is 1.22. The lowest BCUT2D eigenvalue weighted by atomic mass is 10.0. The molecular weight excluding hydrogens is 494 g/mol. The number of fused-ring (bicyclic) bond motifs is 1. The van der Waals surface area contributed by atoms with Gasteiger partial charge in [-0.05, 0) is 43.5 Å². The molecule has 3 amide bonds. The maximum atomic E-state index is 13.1. The van der Waals surface area contributed by atoms with Crippen LogP contribution in [0.1, 0.15) is 41.3 Å². The van der Waals surface area contributed by atoms with Gasteiger partial charge in [0.05, 0.1) is 6.54 Å². The normalized spacial score (nSPS) is 16.5. The fourth-order valence-electron chi connectivity index (χ4n) is 4.87. The summed E-state index contributed by atoms with van der Waals surface area (Å²) in [7, 11) is 0. The van der Waals surface area contributed by atoms with Crippen LogP contribution in [-0.4, -0.2) is 51.7 Å². The van der Waals surface area contributed by atoms with Crippen molar-refractivity contribution in [2.45, 2.75) is 38.9 Å². The first-order valence-corrected chi connectivity index (χ1v) is 13.0. The number of anilines is 3. The van der Waals surface area contributed by atoms with Gasteiger partial charge in [0, 0.05) is 48.3 Å². The highest BCUT2D eigenvalue weighted by Gasteiger charge is 2.39. The van der Waals surface area contributed by atoms with E-state index >= 15 is 0 Å². The van der Waals surface area contributed by atoms with Gasteiger partial charge < -0.3 is 25.8 Å². The third-order valence-electron chi connectivity index (χ3n) is 6.92. The zero-order valence-electron chi connectivity index (χ0n) is 21.8. The molecule has 5 rings (SSSR count). The molecule has 10 nitrogen and oxygen atoms in total. The Morgan fingerprint density at radius 2 is 1.97 bits per heavy atom. The lowest BCUT2D eigenvalue weighted by Crippen LogP contribution is -2.49. The Morgan fingerprint density at radius 1 is 1.15 bits per heavy atom. The minimum absolute atomic E-state index is 0.0181. The molecule has 200 valence electrons. The van der Waals surface area contributed by atoms with Crippen molar-refractivity contribution in [1.82, 2.24) is 20.2 Å². The average molecular weight is 526 g/mol. The number of nitrogens with zero attached hydrogens (tertiary/aromatic N) is 4. The first-order chi connectivity index (χ1) is 18.9. The minimum atomic E-state index is -0.558. The zero-order valence-corrected chi connectivity index (χ0v) is 21.8. The van der Waals surface area contributed by atoms with E-state index in [1.165, 1.54) is 0 Å². The number of carbonyl (C=O) groups is 3. The Bertz CT molecular complexity index is 1410. The van der Waals surface area contributed by atoms with Crippen LogP contribution >= 0.6 is 0 Å². The molecule has 1 fully saturated rings. The van der Waals surface area contributed by atoms with Crippen molar-refractivity contribution in [3.8, 4) is 0 Å². The molecule has 2 aliphatic rings. The van der Waals surface area contributed by atoms with Gasteiger partial charge in [0.15, 0.2) is 0 Å².